The summed E-state index contributed by atoms with van der Waals surface area (Å²) in [5.41, 5.74) is 0. The minimum absolute atomic E-state index is 0.0134. The molecule has 0 aromatic carbocycles. The lowest BCUT2D eigenvalue weighted by molar-refractivity contribution is -0.132. The van der Waals surface area contributed by atoms with E-state index in [0.717, 1.165) is 19.5 Å². The number of nitrogens with one attached hydrogen (secondary N) is 1. The van der Waals surface area contributed by atoms with Crippen molar-refractivity contribution in [3.63, 3.8) is 0 Å². The first kappa shape index (κ1) is 14.4. The van der Waals surface area contributed by atoms with Crippen LogP contribution >= 0.6 is 0 Å². The fourth-order valence-electron chi connectivity index (χ4n) is 1.53. The minimum Gasteiger partial charge on any atom is -0.395 e. The van der Waals surface area contributed by atoms with Gasteiger partial charge in [-0.15, -0.1) is 0 Å². The number of carbonyl (C=O) groups excluding carboxylic acids is 1. The van der Waals surface area contributed by atoms with Gasteiger partial charge in [-0.2, -0.15) is 0 Å². The van der Waals surface area contributed by atoms with Crippen molar-refractivity contribution in [3.05, 3.63) is 0 Å². The summed E-state index contributed by atoms with van der Waals surface area (Å²) in [7, 11) is 0. The van der Waals surface area contributed by atoms with E-state index in [-0.39, 0.29) is 24.6 Å². The first-order valence-electron chi connectivity index (χ1n) is 5.76. The fraction of sp³-hybridized carbons (Fsp3) is 0.909. The standard InChI is InChI=1S/C11H24N2O2/c1-5-10(8-14)12-9(4)11(15)13(6-2)7-3/h9-10,12,14H,5-8H2,1-4H3. The molecule has 4 heteroatoms. The van der Waals surface area contributed by atoms with Crippen LogP contribution in [-0.4, -0.2) is 47.7 Å². The molecule has 0 saturated heterocycles. The molecule has 0 bridgehead atoms. The molecule has 0 aromatic rings. The van der Waals surface area contributed by atoms with Crippen molar-refractivity contribution >= 4 is 5.91 Å². The highest BCUT2D eigenvalue weighted by atomic mass is 16.3. The number of hydrogen-bond donors (Lipinski definition) is 2. The Kier molecular flexibility index (Phi) is 7.34. The topological polar surface area (TPSA) is 52.6 Å². The van der Waals surface area contributed by atoms with Gasteiger partial charge >= 0.3 is 0 Å². The Labute approximate surface area is 92.7 Å². The van der Waals surface area contributed by atoms with E-state index in [1.165, 1.54) is 0 Å². The van der Waals surface area contributed by atoms with Gasteiger partial charge in [-0.1, -0.05) is 6.92 Å². The molecular formula is C11H24N2O2. The Morgan fingerprint density at radius 2 is 1.87 bits per heavy atom. The van der Waals surface area contributed by atoms with Crippen molar-refractivity contribution in [2.24, 2.45) is 0 Å². The van der Waals surface area contributed by atoms with Crippen LogP contribution in [0, 0.1) is 0 Å². The Bertz CT molecular complexity index is 177. The minimum atomic E-state index is -0.220. The molecule has 15 heavy (non-hydrogen) atoms. The summed E-state index contributed by atoms with van der Waals surface area (Å²) < 4.78 is 0. The molecule has 2 N–H and O–H groups in total. The van der Waals surface area contributed by atoms with E-state index in [1.807, 2.05) is 27.7 Å². The number of amides is 1. The zero-order valence-corrected chi connectivity index (χ0v) is 10.3. The molecule has 4 nitrogen and oxygen atoms in total. The lowest BCUT2D eigenvalue weighted by Crippen LogP contribution is -2.49. The molecule has 2 unspecified atom stereocenters. The Morgan fingerprint density at radius 3 is 2.20 bits per heavy atom. The predicted octanol–water partition coefficient (Wildman–Crippen LogP) is 0.604. The SMILES string of the molecule is CCC(CO)NC(C)C(=O)N(CC)CC. The smallest absolute Gasteiger partial charge is 0.239 e. The summed E-state index contributed by atoms with van der Waals surface area (Å²) in [6.07, 6.45) is 0.826. The lowest BCUT2D eigenvalue weighted by atomic mass is 10.2. The van der Waals surface area contributed by atoms with Crippen molar-refractivity contribution < 1.29 is 9.90 Å². The molecule has 2 atom stereocenters. The monoisotopic (exact) mass is 216 g/mol. The average molecular weight is 216 g/mol. The maximum absolute atomic E-state index is 11.9. The second-order valence-corrected chi connectivity index (χ2v) is 3.69. The number of rotatable bonds is 7. The molecule has 0 aromatic heterocycles. The number of aliphatic hydroxyl groups excluding tert-OH is 1. The Hall–Kier alpha value is -0.610. The van der Waals surface area contributed by atoms with E-state index < -0.39 is 0 Å². The molecule has 0 aliphatic rings. The van der Waals surface area contributed by atoms with Gasteiger partial charge < -0.3 is 15.3 Å². The van der Waals surface area contributed by atoms with Crippen LogP contribution in [0.15, 0.2) is 0 Å². The average Bonchev–Trinajstić information content (AvgIpc) is 2.26. The van der Waals surface area contributed by atoms with Crippen LogP contribution in [0.5, 0.6) is 0 Å². The van der Waals surface area contributed by atoms with E-state index in [9.17, 15) is 4.79 Å². The van der Waals surface area contributed by atoms with Crippen LogP contribution in [-0.2, 0) is 4.79 Å². The van der Waals surface area contributed by atoms with Gasteiger partial charge in [0.15, 0.2) is 0 Å². The highest BCUT2D eigenvalue weighted by Crippen LogP contribution is 1.98. The van der Waals surface area contributed by atoms with Crippen LogP contribution in [0.4, 0.5) is 0 Å². The first-order valence-corrected chi connectivity index (χ1v) is 5.76. The summed E-state index contributed by atoms with van der Waals surface area (Å²) in [4.78, 5) is 13.6. The highest BCUT2D eigenvalue weighted by Gasteiger charge is 2.19. The third-order valence-electron chi connectivity index (χ3n) is 2.64. The summed E-state index contributed by atoms with van der Waals surface area (Å²) in [6, 6.07) is -0.207. The van der Waals surface area contributed by atoms with Crippen molar-refractivity contribution in [1.82, 2.24) is 10.2 Å². The molecule has 0 saturated carbocycles. The van der Waals surface area contributed by atoms with Gasteiger partial charge in [0.1, 0.15) is 0 Å². The quantitative estimate of drug-likeness (QED) is 0.655. The molecule has 0 heterocycles. The normalized spacial score (nSPS) is 14.7. The number of carbonyl (C=O) groups is 1. The Morgan fingerprint density at radius 1 is 1.33 bits per heavy atom. The highest BCUT2D eigenvalue weighted by molar-refractivity contribution is 5.81. The van der Waals surface area contributed by atoms with E-state index in [1.54, 1.807) is 4.90 Å². The van der Waals surface area contributed by atoms with Gasteiger partial charge in [0.25, 0.3) is 0 Å². The van der Waals surface area contributed by atoms with Gasteiger partial charge in [-0.05, 0) is 27.2 Å². The summed E-state index contributed by atoms with van der Waals surface area (Å²) in [5, 5.41) is 12.1. The van der Waals surface area contributed by atoms with Gasteiger partial charge in [0, 0.05) is 19.1 Å². The van der Waals surface area contributed by atoms with Crippen molar-refractivity contribution in [2.75, 3.05) is 19.7 Å². The van der Waals surface area contributed by atoms with Crippen LogP contribution in [0.1, 0.15) is 34.1 Å². The van der Waals surface area contributed by atoms with Crippen LogP contribution < -0.4 is 5.32 Å². The van der Waals surface area contributed by atoms with Crippen molar-refractivity contribution in [1.29, 1.82) is 0 Å². The van der Waals surface area contributed by atoms with Crippen LogP contribution in [0.2, 0.25) is 0 Å². The summed E-state index contributed by atoms with van der Waals surface area (Å²) >= 11 is 0. The molecule has 0 aliphatic carbocycles. The van der Waals surface area contributed by atoms with Crippen molar-refractivity contribution in [2.45, 2.75) is 46.2 Å². The second kappa shape index (κ2) is 7.65. The molecule has 90 valence electrons. The van der Waals surface area contributed by atoms with E-state index in [2.05, 4.69) is 5.32 Å². The second-order valence-electron chi connectivity index (χ2n) is 3.69. The van der Waals surface area contributed by atoms with Crippen molar-refractivity contribution in [3.8, 4) is 0 Å². The van der Waals surface area contributed by atoms with E-state index in [0.29, 0.717) is 0 Å². The van der Waals surface area contributed by atoms with E-state index in [4.69, 9.17) is 5.11 Å². The zero-order valence-electron chi connectivity index (χ0n) is 10.3. The maximum Gasteiger partial charge on any atom is 0.239 e. The molecular weight excluding hydrogens is 192 g/mol. The lowest BCUT2D eigenvalue weighted by Gasteiger charge is -2.26. The third-order valence-corrected chi connectivity index (χ3v) is 2.64. The van der Waals surface area contributed by atoms with Crippen LogP contribution in [0.3, 0.4) is 0 Å². The van der Waals surface area contributed by atoms with Gasteiger partial charge in [-0.25, -0.2) is 0 Å². The number of hydrogen-bond acceptors (Lipinski definition) is 3. The summed E-state index contributed by atoms with van der Waals surface area (Å²) in [5.74, 6) is 0.104. The molecule has 0 spiro atoms. The maximum atomic E-state index is 11.9. The predicted molar refractivity (Wildman–Crippen MR) is 61.7 cm³/mol. The van der Waals surface area contributed by atoms with Gasteiger partial charge in [0.05, 0.1) is 12.6 Å². The first-order chi connectivity index (χ1) is 7.10. The number of nitrogens with zero attached hydrogens (tertiary/aromatic N) is 1. The molecule has 0 fully saturated rings. The zero-order chi connectivity index (χ0) is 11.8. The van der Waals surface area contributed by atoms with Gasteiger partial charge in [-0.3, -0.25) is 4.79 Å². The largest absolute Gasteiger partial charge is 0.395 e. The molecule has 0 rings (SSSR count). The Balaban J connectivity index is 4.18. The van der Waals surface area contributed by atoms with Crippen LogP contribution in [0.25, 0.3) is 0 Å². The third kappa shape index (κ3) is 4.62. The van der Waals surface area contributed by atoms with Gasteiger partial charge in [0.2, 0.25) is 5.91 Å². The summed E-state index contributed by atoms with van der Waals surface area (Å²) in [6.45, 7) is 9.32. The molecule has 0 radical (unpaired) electrons. The molecule has 1 amide bonds. The fourth-order valence-corrected chi connectivity index (χ4v) is 1.53. The number of likely N-dealkylation sites (N-methyl/N-ethyl adjacent to an activating group) is 1. The molecule has 0 aliphatic heterocycles. The number of aliphatic hydroxyl groups is 1. The van der Waals surface area contributed by atoms with E-state index >= 15 is 0 Å².